The fourth-order valence-corrected chi connectivity index (χ4v) is 1.04. The van der Waals surface area contributed by atoms with Gasteiger partial charge in [-0.3, -0.25) is 14.5 Å². The van der Waals surface area contributed by atoms with E-state index in [0.717, 1.165) is 7.11 Å². The predicted molar refractivity (Wildman–Crippen MR) is 48.7 cm³/mol. The molecule has 0 spiro atoms. The second-order valence-electron chi connectivity index (χ2n) is 2.94. The summed E-state index contributed by atoms with van der Waals surface area (Å²) in [6, 6.07) is 0. The van der Waals surface area contributed by atoms with Crippen LogP contribution in [0.25, 0.3) is 0 Å². The summed E-state index contributed by atoms with van der Waals surface area (Å²) in [5.41, 5.74) is 0. The summed E-state index contributed by atoms with van der Waals surface area (Å²) in [4.78, 5) is 56.4. The highest BCUT2D eigenvalue weighted by Crippen LogP contribution is 2.11. The van der Waals surface area contributed by atoms with Crippen molar-refractivity contribution in [2.24, 2.45) is 0 Å². The number of hydroxylamine groups is 2. The van der Waals surface area contributed by atoms with Crippen LogP contribution in [0.3, 0.4) is 0 Å². The maximum Gasteiger partial charge on any atom is 0.439 e. The van der Waals surface area contributed by atoms with Crippen molar-refractivity contribution in [3.8, 4) is 0 Å². The summed E-state index contributed by atoms with van der Waals surface area (Å²) in [6.07, 6.45) is -0.986. The third kappa shape index (κ3) is 3.72. The highest BCUT2D eigenvalue weighted by atomic mass is 17.2. The molecule has 0 aromatic heterocycles. The van der Waals surface area contributed by atoms with Gasteiger partial charge in [0.1, 0.15) is 6.54 Å². The molecule has 0 aliphatic carbocycles. The fraction of sp³-hybridized carbons (Fsp3) is 0.500. The zero-order chi connectivity index (χ0) is 12.8. The third-order valence-corrected chi connectivity index (χ3v) is 1.73. The van der Waals surface area contributed by atoms with E-state index in [2.05, 4.69) is 14.6 Å². The molecule has 1 N–H and O–H groups in total. The van der Waals surface area contributed by atoms with Crippen LogP contribution < -0.4 is 5.32 Å². The predicted octanol–water partition coefficient (Wildman–Crippen LogP) is -1.12. The molecule has 0 atom stereocenters. The number of amides is 3. The maximum absolute atomic E-state index is 11.1. The van der Waals surface area contributed by atoms with Gasteiger partial charge < -0.3 is 10.2 Å². The van der Waals surface area contributed by atoms with Crippen molar-refractivity contribution in [1.29, 1.82) is 0 Å². The Bertz CT molecular complexity index is 338. The number of hydrogen-bond acceptors (Lipinski definition) is 7. The van der Waals surface area contributed by atoms with Gasteiger partial charge in [-0.2, -0.15) is 4.89 Å². The van der Waals surface area contributed by atoms with Gasteiger partial charge in [0.2, 0.25) is 0 Å². The number of rotatable bonds is 4. The number of carbonyl (C=O) groups excluding carboxylic acids is 4. The average molecular weight is 246 g/mol. The minimum Gasteiger partial charge on any atom is -0.328 e. The Morgan fingerprint density at radius 3 is 2.41 bits per heavy atom. The van der Waals surface area contributed by atoms with Gasteiger partial charge in [0.05, 0.1) is 7.11 Å². The van der Waals surface area contributed by atoms with E-state index in [1.165, 1.54) is 0 Å². The minimum atomic E-state index is -0.997. The summed E-state index contributed by atoms with van der Waals surface area (Å²) >= 11 is 0. The summed E-state index contributed by atoms with van der Waals surface area (Å²) in [6.45, 7) is -0.556. The van der Waals surface area contributed by atoms with Crippen molar-refractivity contribution in [1.82, 2.24) is 10.4 Å². The van der Waals surface area contributed by atoms with Crippen LogP contribution in [0.4, 0.5) is 4.79 Å². The standard InChI is InChI=1S/C8H10N2O7/c1-15-17-8(14)9-4-7(13)16-10-5(11)2-3-6(10)12/h2-4H2,1H3,(H,9,14). The maximum atomic E-state index is 11.1. The molecule has 0 radical (unpaired) electrons. The Labute approximate surface area is 95.5 Å². The van der Waals surface area contributed by atoms with Crippen molar-refractivity contribution in [3.05, 3.63) is 0 Å². The Balaban J connectivity index is 2.32. The molecule has 1 aliphatic heterocycles. The molecule has 9 nitrogen and oxygen atoms in total. The fourth-order valence-electron chi connectivity index (χ4n) is 1.04. The first-order valence-electron chi connectivity index (χ1n) is 4.59. The number of nitrogens with zero attached hydrogens (tertiary/aromatic N) is 1. The van der Waals surface area contributed by atoms with Gasteiger partial charge in [-0.25, -0.2) is 9.59 Å². The molecule has 0 unspecified atom stereocenters. The van der Waals surface area contributed by atoms with Crippen LogP contribution in [0.5, 0.6) is 0 Å². The van der Waals surface area contributed by atoms with Gasteiger partial charge in [0.25, 0.3) is 11.8 Å². The molecule has 3 amide bonds. The largest absolute Gasteiger partial charge is 0.439 e. The molecule has 17 heavy (non-hydrogen) atoms. The first-order chi connectivity index (χ1) is 8.04. The van der Waals surface area contributed by atoms with E-state index in [1.807, 2.05) is 5.32 Å². The van der Waals surface area contributed by atoms with Crippen LogP contribution in [0.1, 0.15) is 12.8 Å². The average Bonchev–Trinajstić information content (AvgIpc) is 2.58. The van der Waals surface area contributed by atoms with Crippen LogP contribution in [0.15, 0.2) is 0 Å². The van der Waals surface area contributed by atoms with Gasteiger partial charge in [0, 0.05) is 12.8 Å². The topological polar surface area (TPSA) is 111 Å². The van der Waals surface area contributed by atoms with Gasteiger partial charge in [-0.15, -0.1) is 5.06 Å². The van der Waals surface area contributed by atoms with Crippen molar-refractivity contribution in [2.75, 3.05) is 13.7 Å². The van der Waals surface area contributed by atoms with Crippen LogP contribution in [0, 0.1) is 0 Å². The van der Waals surface area contributed by atoms with Crippen molar-refractivity contribution < 1.29 is 33.8 Å². The van der Waals surface area contributed by atoms with Gasteiger partial charge >= 0.3 is 12.1 Å². The molecule has 94 valence electrons. The summed E-state index contributed by atoms with van der Waals surface area (Å²) in [7, 11) is 1.11. The molecular weight excluding hydrogens is 236 g/mol. The van der Waals surface area contributed by atoms with E-state index < -0.39 is 30.4 Å². The number of imide groups is 1. The Hall–Kier alpha value is -2.16. The van der Waals surface area contributed by atoms with Crippen molar-refractivity contribution in [2.45, 2.75) is 12.8 Å². The molecular formula is C8H10N2O7. The highest BCUT2D eigenvalue weighted by molar-refractivity contribution is 6.01. The van der Waals surface area contributed by atoms with E-state index in [-0.39, 0.29) is 12.8 Å². The van der Waals surface area contributed by atoms with Gasteiger partial charge in [-0.05, 0) is 0 Å². The van der Waals surface area contributed by atoms with E-state index in [1.54, 1.807) is 0 Å². The minimum absolute atomic E-state index is 0.00522. The van der Waals surface area contributed by atoms with Gasteiger partial charge in [-0.1, -0.05) is 0 Å². The summed E-state index contributed by atoms with van der Waals surface area (Å²) in [5.74, 6) is -2.16. The molecule has 1 aliphatic rings. The highest BCUT2D eigenvalue weighted by Gasteiger charge is 2.32. The zero-order valence-electron chi connectivity index (χ0n) is 8.93. The molecule has 1 fully saturated rings. The summed E-state index contributed by atoms with van der Waals surface area (Å²) in [5, 5.41) is 2.36. The first kappa shape index (κ1) is 12.9. The molecule has 1 heterocycles. The van der Waals surface area contributed by atoms with E-state index in [0.29, 0.717) is 5.06 Å². The van der Waals surface area contributed by atoms with Crippen LogP contribution in [-0.4, -0.2) is 42.6 Å². The van der Waals surface area contributed by atoms with E-state index >= 15 is 0 Å². The second-order valence-corrected chi connectivity index (χ2v) is 2.94. The van der Waals surface area contributed by atoms with E-state index in [4.69, 9.17) is 0 Å². The van der Waals surface area contributed by atoms with Gasteiger partial charge in [0.15, 0.2) is 0 Å². The van der Waals surface area contributed by atoms with E-state index in [9.17, 15) is 19.2 Å². The lowest BCUT2D eigenvalue weighted by molar-refractivity contribution is -0.213. The number of carbonyl (C=O) groups is 4. The second kappa shape index (κ2) is 5.80. The lowest BCUT2D eigenvalue weighted by atomic mass is 10.4. The molecule has 0 aromatic rings. The summed E-state index contributed by atoms with van der Waals surface area (Å²) < 4.78 is 0. The Morgan fingerprint density at radius 1 is 1.29 bits per heavy atom. The molecule has 1 saturated heterocycles. The van der Waals surface area contributed by atoms with Crippen molar-refractivity contribution >= 4 is 23.9 Å². The molecule has 0 bridgehead atoms. The third-order valence-electron chi connectivity index (χ3n) is 1.73. The Kier molecular flexibility index (Phi) is 4.40. The number of nitrogens with one attached hydrogen (secondary N) is 1. The smallest absolute Gasteiger partial charge is 0.328 e. The van der Waals surface area contributed by atoms with Crippen LogP contribution >= 0.6 is 0 Å². The molecule has 0 aromatic carbocycles. The lowest BCUT2D eigenvalue weighted by Crippen LogP contribution is -2.37. The normalized spacial score (nSPS) is 14.8. The SMILES string of the molecule is COOC(=O)NCC(=O)ON1C(=O)CCC1=O. The first-order valence-corrected chi connectivity index (χ1v) is 4.59. The quantitative estimate of drug-likeness (QED) is 0.380. The Morgan fingerprint density at radius 2 is 1.88 bits per heavy atom. The number of hydrogen-bond donors (Lipinski definition) is 1. The van der Waals surface area contributed by atoms with Crippen LogP contribution in [0.2, 0.25) is 0 Å². The van der Waals surface area contributed by atoms with Crippen molar-refractivity contribution in [3.63, 3.8) is 0 Å². The molecule has 9 heteroatoms. The molecule has 1 rings (SSSR count). The lowest BCUT2D eigenvalue weighted by Gasteiger charge is -2.12. The zero-order valence-corrected chi connectivity index (χ0v) is 8.93. The van der Waals surface area contributed by atoms with Crippen LogP contribution in [-0.2, 0) is 29.0 Å². The molecule has 0 saturated carbocycles. The monoisotopic (exact) mass is 246 g/mol.